The zero-order valence-electron chi connectivity index (χ0n) is 9.55. The maximum Gasteiger partial charge on any atom is 0.272 e. The lowest BCUT2D eigenvalue weighted by molar-refractivity contribution is -0.385. The van der Waals surface area contributed by atoms with E-state index in [0.717, 1.165) is 0 Å². The first kappa shape index (κ1) is 14.5. The van der Waals surface area contributed by atoms with Gasteiger partial charge in [0.2, 0.25) is 0 Å². The van der Waals surface area contributed by atoms with Crippen molar-refractivity contribution in [3.63, 3.8) is 0 Å². The molecule has 0 heterocycles. The Morgan fingerprint density at radius 3 is 2.67 bits per heavy atom. The van der Waals surface area contributed by atoms with Crippen molar-refractivity contribution < 1.29 is 18.8 Å². The third-order valence-corrected chi connectivity index (χ3v) is 2.40. The van der Waals surface area contributed by atoms with E-state index in [2.05, 4.69) is 5.32 Å². The topological polar surface area (TPSA) is 75.4 Å². The Hall–Kier alpha value is -1.60. The van der Waals surface area contributed by atoms with Gasteiger partial charge in [0, 0.05) is 18.2 Å². The van der Waals surface area contributed by atoms with E-state index in [1.54, 1.807) is 18.2 Å². The van der Waals surface area contributed by atoms with Crippen LogP contribution in [0.15, 0.2) is 24.3 Å². The van der Waals surface area contributed by atoms with Crippen LogP contribution in [0.3, 0.4) is 0 Å². The van der Waals surface area contributed by atoms with Gasteiger partial charge in [-0.25, -0.2) is 8.78 Å². The molecule has 0 bridgehead atoms. The van der Waals surface area contributed by atoms with Crippen molar-refractivity contribution >= 4 is 5.69 Å². The summed E-state index contributed by atoms with van der Waals surface area (Å²) in [5.41, 5.74) is 0.537. The minimum Gasteiger partial charge on any atom is -0.386 e. The van der Waals surface area contributed by atoms with Gasteiger partial charge in [-0.3, -0.25) is 10.1 Å². The SMILES string of the molecule is O=[N+]([O-])c1ccccc1CCNCC(O)C(F)F. The number of nitro groups is 1. The Balaban J connectivity index is 2.42. The fourth-order valence-electron chi connectivity index (χ4n) is 1.46. The number of aliphatic hydroxyl groups excluding tert-OH is 1. The first-order valence-electron chi connectivity index (χ1n) is 5.41. The van der Waals surface area contributed by atoms with Crippen LogP contribution >= 0.6 is 0 Å². The van der Waals surface area contributed by atoms with Gasteiger partial charge in [-0.2, -0.15) is 0 Å². The van der Waals surface area contributed by atoms with Gasteiger partial charge < -0.3 is 10.4 Å². The average molecular weight is 260 g/mol. The Kier molecular flexibility index (Phi) is 5.60. The number of alkyl halides is 2. The quantitative estimate of drug-likeness (QED) is 0.441. The molecule has 100 valence electrons. The standard InChI is InChI=1S/C11H14F2N2O3/c12-11(13)10(16)7-14-6-5-8-3-1-2-4-9(8)15(17)18/h1-4,10-11,14,16H,5-7H2. The van der Waals surface area contributed by atoms with Gasteiger partial charge in [0.05, 0.1) is 4.92 Å². The Labute approximate surface area is 103 Å². The third-order valence-electron chi connectivity index (χ3n) is 2.40. The first-order valence-corrected chi connectivity index (χ1v) is 5.41. The van der Waals surface area contributed by atoms with Crippen LogP contribution < -0.4 is 5.32 Å². The summed E-state index contributed by atoms with van der Waals surface area (Å²) in [6.07, 6.45) is -4.16. The number of hydrogen-bond donors (Lipinski definition) is 2. The van der Waals surface area contributed by atoms with Gasteiger partial charge in [-0.05, 0) is 13.0 Å². The van der Waals surface area contributed by atoms with Crippen molar-refractivity contribution in [2.75, 3.05) is 13.1 Å². The number of hydrogen-bond acceptors (Lipinski definition) is 4. The molecular weight excluding hydrogens is 246 g/mol. The lowest BCUT2D eigenvalue weighted by atomic mass is 10.1. The van der Waals surface area contributed by atoms with E-state index in [0.29, 0.717) is 12.0 Å². The average Bonchev–Trinajstić information content (AvgIpc) is 2.34. The van der Waals surface area contributed by atoms with Crippen LogP contribution in [0.5, 0.6) is 0 Å². The minimum absolute atomic E-state index is 0.00806. The number of nitrogens with zero attached hydrogens (tertiary/aromatic N) is 1. The monoisotopic (exact) mass is 260 g/mol. The highest BCUT2D eigenvalue weighted by Crippen LogP contribution is 2.17. The summed E-state index contributed by atoms with van der Waals surface area (Å²) in [6.45, 7) is 0.0485. The van der Waals surface area contributed by atoms with Crippen LogP contribution in [0.2, 0.25) is 0 Å². The first-order chi connectivity index (χ1) is 8.52. The second-order valence-corrected chi connectivity index (χ2v) is 3.74. The third kappa shape index (κ3) is 4.34. The van der Waals surface area contributed by atoms with Crippen LogP contribution in [-0.2, 0) is 6.42 Å². The van der Waals surface area contributed by atoms with Gasteiger partial charge in [-0.1, -0.05) is 18.2 Å². The highest BCUT2D eigenvalue weighted by molar-refractivity contribution is 5.39. The molecule has 7 heteroatoms. The Morgan fingerprint density at radius 2 is 2.06 bits per heavy atom. The molecule has 0 aromatic heterocycles. The molecule has 1 aromatic rings. The normalized spacial score (nSPS) is 12.7. The van der Waals surface area contributed by atoms with E-state index >= 15 is 0 Å². The molecule has 18 heavy (non-hydrogen) atoms. The molecular formula is C11H14F2N2O3. The van der Waals surface area contributed by atoms with Gasteiger partial charge >= 0.3 is 0 Å². The number of nitro benzene ring substituents is 1. The molecule has 0 amide bonds. The summed E-state index contributed by atoms with van der Waals surface area (Å²) in [4.78, 5) is 10.2. The Morgan fingerprint density at radius 1 is 1.39 bits per heavy atom. The molecule has 0 spiro atoms. The van der Waals surface area contributed by atoms with Crippen molar-refractivity contribution in [2.45, 2.75) is 19.0 Å². The van der Waals surface area contributed by atoms with E-state index < -0.39 is 17.5 Å². The van der Waals surface area contributed by atoms with Crippen LogP contribution in [0.1, 0.15) is 5.56 Å². The highest BCUT2D eigenvalue weighted by atomic mass is 19.3. The molecule has 2 N–H and O–H groups in total. The molecule has 1 rings (SSSR count). The van der Waals surface area contributed by atoms with E-state index in [-0.39, 0.29) is 18.8 Å². The van der Waals surface area contributed by atoms with Crippen LogP contribution in [-0.4, -0.2) is 35.6 Å². The number of aliphatic hydroxyl groups is 1. The van der Waals surface area contributed by atoms with Crippen LogP contribution in [0, 0.1) is 10.1 Å². The molecule has 1 aromatic carbocycles. The van der Waals surface area contributed by atoms with Crippen molar-refractivity contribution in [1.29, 1.82) is 0 Å². The van der Waals surface area contributed by atoms with Crippen molar-refractivity contribution in [1.82, 2.24) is 5.32 Å². The number of benzene rings is 1. The van der Waals surface area contributed by atoms with Crippen molar-refractivity contribution in [3.05, 3.63) is 39.9 Å². The lowest BCUT2D eigenvalue weighted by Crippen LogP contribution is -2.33. The number of rotatable bonds is 7. The summed E-state index contributed by atoms with van der Waals surface area (Å²) in [6, 6.07) is 6.25. The fourth-order valence-corrected chi connectivity index (χ4v) is 1.46. The summed E-state index contributed by atoms with van der Waals surface area (Å²) >= 11 is 0. The summed E-state index contributed by atoms with van der Waals surface area (Å²) in [5.74, 6) is 0. The molecule has 5 nitrogen and oxygen atoms in total. The molecule has 0 fully saturated rings. The number of nitrogens with one attached hydrogen (secondary N) is 1. The molecule has 0 aliphatic rings. The second-order valence-electron chi connectivity index (χ2n) is 3.74. The maximum atomic E-state index is 12.0. The largest absolute Gasteiger partial charge is 0.386 e. The van der Waals surface area contributed by atoms with Crippen molar-refractivity contribution in [2.24, 2.45) is 0 Å². The molecule has 0 saturated heterocycles. The molecule has 0 aliphatic carbocycles. The van der Waals surface area contributed by atoms with E-state index in [4.69, 9.17) is 5.11 Å². The maximum absolute atomic E-state index is 12.0. The number of halogens is 2. The Bertz CT molecular complexity index is 402. The highest BCUT2D eigenvalue weighted by Gasteiger charge is 2.16. The fraction of sp³-hybridized carbons (Fsp3) is 0.455. The predicted octanol–water partition coefficient (Wildman–Crippen LogP) is 1.35. The second kappa shape index (κ2) is 6.97. The van der Waals surface area contributed by atoms with E-state index in [1.165, 1.54) is 6.07 Å². The molecule has 0 aliphatic heterocycles. The summed E-state index contributed by atoms with van der Waals surface area (Å²) in [7, 11) is 0. The van der Waals surface area contributed by atoms with E-state index in [1.807, 2.05) is 0 Å². The van der Waals surface area contributed by atoms with Crippen LogP contribution in [0.25, 0.3) is 0 Å². The predicted molar refractivity (Wildman–Crippen MR) is 61.7 cm³/mol. The van der Waals surface area contributed by atoms with Crippen LogP contribution in [0.4, 0.5) is 14.5 Å². The molecule has 0 radical (unpaired) electrons. The molecule has 1 atom stereocenters. The van der Waals surface area contributed by atoms with Gasteiger partial charge in [0.25, 0.3) is 12.1 Å². The van der Waals surface area contributed by atoms with Crippen molar-refractivity contribution in [3.8, 4) is 0 Å². The molecule has 1 unspecified atom stereocenters. The number of para-hydroxylation sites is 1. The smallest absolute Gasteiger partial charge is 0.272 e. The van der Waals surface area contributed by atoms with E-state index in [9.17, 15) is 18.9 Å². The van der Waals surface area contributed by atoms with Gasteiger partial charge in [0.1, 0.15) is 6.10 Å². The summed E-state index contributed by atoms with van der Waals surface area (Å²) < 4.78 is 23.9. The minimum atomic E-state index is -2.79. The zero-order chi connectivity index (χ0) is 13.5. The molecule has 0 saturated carbocycles. The summed E-state index contributed by atoms with van der Waals surface area (Å²) in [5, 5.41) is 22.2. The lowest BCUT2D eigenvalue weighted by Gasteiger charge is -2.10. The van der Waals surface area contributed by atoms with Gasteiger partial charge in [-0.15, -0.1) is 0 Å². The zero-order valence-corrected chi connectivity index (χ0v) is 9.55. The van der Waals surface area contributed by atoms with Gasteiger partial charge in [0.15, 0.2) is 0 Å².